The second-order valence-electron chi connectivity index (χ2n) is 4.42. The molecule has 2 N–H and O–H groups in total. The third kappa shape index (κ3) is 4.00. The number of carboxylic acid groups (broad SMARTS) is 1. The Morgan fingerprint density at radius 2 is 2.17 bits per heavy atom. The minimum Gasteiger partial charge on any atom is -0.478 e. The van der Waals surface area contributed by atoms with Gasteiger partial charge in [-0.15, -0.1) is 0 Å². The Kier molecular flexibility index (Phi) is 5.09. The quantitative estimate of drug-likeness (QED) is 0.803. The number of aryl methyl sites for hydroxylation is 1. The molecule has 18 heavy (non-hydrogen) atoms. The van der Waals surface area contributed by atoms with Crippen LogP contribution in [0.5, 0.6) is 0 Å². The molecule has 0 bridgehead atoms. The number of aliphatic hydroxyl groups excluding tert-OH is 1. The second-order valence-corrected chi connectivity index (χ2v) is 4.42. The van der Waals surface area contributed by atoms with Gasteiger partial charge in [-0.2, -0.15) is 0 Å². The monoisotopic (exact) mass is 252 g/mol. The fraction of sp³-hybridized carbons (Fsp3) is 0.538. The van der Waals surface area contributed by atoms with E-state index in [2.05, 4.69) is 4.98 Å². The fourth-order valence-electron chi connectivity index (χ4n) is 1.57. The highest BCUT2D eigenvalue weighted by Crippen LogP contribution is 2.15. The molecule has 0 saturated heterocycles. The van der Waals surface area contributed by atoms with E-state index in [1.54, 1.807) is 19.1 Å². The van der Waals surface area contributed by atoms with Gasteiger partial charge in [0.25, 0.3) is 0 Å². The van der Waals surface area contributed by atoms with Crippen LogP contribution < -0.4 is 4.90 Å². The maximum absolute atomic E-state index is 11.0. The predicted molar refractivity (Wildman–Crippen MR) is 70.1 cm³/mol. The van der Waals surface area contributed by atoms with Crippen LogP contribution in [0.1, 0.15) is 36.3 Å². The molecule has 1 unspecified atom stereocenters. The highest BCUT2D eigenvalue weighted by Gasteiger charge is 2.11. The van der Waals surface area contributed by atoms with Crippen LogP contribution in [0.25, 0.3) is 0 Å². The van der Waals surface area contributed by atoms with Crippen molar-refractivity contribution in [2.75, 3.05) is 18.5 Å². The van der Waals surface area contributed by atoms with Crippen molar-refractivity contribution in [3.8, 4) is 0 Å². The second kappa shape index (κ2) is 6.35. The van der Waals surface area contributed by atoms with Crippen LogP contribution in [-0.2, 0) is 6.42 Å². The van der Waals surface area contributed by atoms with Crippen molar-refractivity contribution in [3.63, 3.8) is 0 Å². The molecular formula is C13H20N2O3. The van der Waals surface area contributed by atoms with E-state index >= 15 is 0 Å². The smallest absolute Gasteiger partial charge is 0.335 e. The van der Waals surface area contributed by atoms with E-state index in [4.69, 9.17) is 5.11 Å². The van der Waals surface area contributed by atoms with Crippen molar-refractivity contribution < 1.29 is 15.0 Å². The van der Waals surface area contributed by atoms with E-state index in [0.717, 1.165) is 5.69 Å². The van der Waals surface area contributed by atoms with Crippen LogP contribution >= 0.6 is 0 Å². The molecular weight excluding hydrogens is 232 g/mol. The zero-order valence-electron chi connectivity index (χ0n) is 11.1. The first-order valence-electron chi connectivity index (χ1n) is 6.07. The summed E-state index contributed by atoms with van der Waals surface area (Å²) in [5.74, 6) is -0.315. The first-order chi connectivity index (χ1) is 8.43. The van der Waals surface area contributed by atoms with Gasteiger partial charge in [-0.1, -0.05) is 6.92 Å². The molecule has 0 radical (unpaired) electrons. The molecule has 1 heterocycles. The van der Waals surface area contributed by atoms with Gasteiger partial charge in [0.05, 0.1) is 11.7 Å². The van der Waals surface area contributed by atoms with Gasteiger partial charge in [0.15, 0.2) is 0 Å². The minimum atomic E-state index is -0.947. The Morgan fingerprint density at radius 3 is 2.67 bits per heavy atom. The van der Waals surface area contributed by atoms with Crippen LogP contribution in [0, 0.1) is 0 Å². The highest BCUT2D eigenvalue weighted by molar-refractivity contribution is 5.88. The molecule has 1 atom stereocenters. The molecule has 0 spiro atoms. The fourth-order valence-corrected chi connectivity index (χ4v) is 1.57. The molecule has 1 aromatic rings. The van der Waals surface area contributed by atoms with Crippen molar-refractivity contribution >= 4 is 11.8 Å². The Balaban J connectivity index is 2.93. The van der Waals surface area contributed by atoms with Gasteiger partial charge in [0.1, 0.15) is 5.82 Å². The van der Waals surface area contributed by atoms with Crippen LogP contribution in [0.3, 0.4) is 0 Å². The van der Waals surface area contributed by atoms with Gasteiger partial charge < -0.3 is 15.1 Å². The van der Waals surface area contributed by atoms with Crippen molar-refractivity contribution in [2.45, 2.75) is 32.8 Å². The summed E-state index contributed by atoms with van der Waals surface area (Å²) in [4.78, 5) is 17.3. The lowest BCUT2D eigenvalue weighted by molar-refractivity contribution is 0.0696. The first kappa shape index (κ1) is 14.4. The summed E-state index contributed by atoms with van der Waals surface area (Å²) >= 11 is 0. The Morgan fingerprint density at radius 1 is 1.50 bits per heavy atom. The number of carbonyl (C=O) groups is 1. The number of aromatic nitrogens is 1. The van der Waals surface area contributed by atoms with E-state index in [1.165, 1.54) is 0 Å². The molecule has 0 fully saturated rings. The van der Waals surface area contributed by atoms with Gasteiger partial charge >= 0.3 is 5.97 Å². The normalized spacial score (nSPS) is 12.2. The molecule has 0 aromatic carbocycles. The summed E-state index contributed by atoms with van der Waals surface area (Å²) in [5, 5.41) is 18.3. The summed E-state index contributed by atoms with van der Waals surface area (Å²) in [6.45, 7) is 4.30. The number of aromatic carboxylic acids is 1. The summed E-state index contributed by atoms with van der Waals surface area (Å²) in [7, 11) is 1.84. The lowest BCUT2D eigenvalue weighted by Gasteiger charge is -2.20. The van der Waals surface area contributed by atoms with Crippen LogP contribution in [0.15, 0.2) is 12.1 Å². The number of hydrogen-bond donors (Lipinski definition) is 2. The highest BCUT2D eigenvalue weighted by atomic mass is 16.4. The third-order valence-corrected chi connectivity index (χ3v) is 2.75. The van der Waals surface area contributed by atoms with Gasteiger partial charge in [-0.05, 0) is 31.9 Å². The van der Waals surface area contributed by atoms with Gasteiger partial charge in [0.2, 0.25) is 0 Å². The molecule has 0 amide bonds. The van der Waals surface area contributed by atoms with Crippen LogP contribution in [0.4, 0.5) is 5.82 Å². The van der Waals surface area contributed by atoms with Crippen LogP contribution in [-0.4, -0.2) is 40.9 Å². The molecule has 1 aromatic heterocycles. The van der Waals surface area contributed by atoms with Crippen molar-refractivity contribution in [1.29, 1.82) is 0 Å². The van der Waals surface area contributed by atoms with Crippen molar-refractivity contribution in [2.24, 2.45) is 0 Å². The number of pyridine rings is 1. The summed E-state index contributed by atoms with van der Waals surface area (Å²) in [6, 6.07) is 3.15. The molecule has 0 aliphatic rings. The number of nitrogens with zero attached hydrogens (tertiary/aromatic N) is 2. The lowest BCUT2D eigenvalue weighted by Crippen LogP contribution is -2.23. The third-order valence-electron chi connectivity index (χ3n) is 2.75. The first-order valence-corrected chi connectivity index (χ1v) is 6.07. The van der Waals surface area contributed by atoms with E-state index < -0.39 is 5.97 Å². The predicted octanol–water partition coefficient (Wildman–Crippen LogP) is 1.55. The number of anilines is 1. The summed E-state index contributed by atoms with van der Waals surface area (Å²) < 4.78 is 0. The standard InChI is InChI=1S/C13H20N2O3/c1-4-11-7-10(13(17)18)8-12(14-11)15(3)6-5-9(2)16/h7-9,16H,4-6H2,1-3H3,(H,17,18). The largest absolute Gasteiger partial charge is 0.478 e. The van der Waals surface area contributed by atoms with E-state index in [0.29, 0.717) is 25.2 Å². The van der Waals surface area contributed by atoms with Crippen molar-refractivity contribution in [1.82, 2.24) is 4.98 Å². The number of carboxylic acids is 1. The molecule has 0 aliphatic carbocycles. The average Bonchev–Trinajstić information content (AvgIpc) is 2.35. The summed E-state index contributed by atoms with van der Waals surface area (Å²) in [6.07, 6.45) is 0.940. The molecule has 0 aliphatic heterocycles. The maximum Gasteiger partial charge on any atom is 0.335 e. The topological polar surface area (TPSA) is 73.7 Å². The maximum atomic E-state index is 11.0. The van der Waals surface area contributed by atoms with E-state index in [-0.39, 0.29) is 11.7 Å². The lowest BCUT2D eigenvalue weighted by atomic mass is 10.2. The van der Waals surface area contributed by atoms with E-state index in [9.17, 15) is 9.90 Å². The SMILES string of the molecule is CCc1cc(C(=O)O)cc(N(C)CCC(C)O)n1. The minimum absolute atomic E-state index is 0.251. The molecule has 5 nitrogen and oxygen atoms in total. The molecule has 100 valence electrons. The zero-order valence-corrected chi connectivity index (χ0v) is 11.1. The van der Waals surface area contributed by atoms with Gasteiger partial charge in [-0.25, -0.2) is 9.78 Å². The number of hydrogen-bond acceptors (Lipinski definition) is 4. The Bertz CT molecular complexity index is 419. The Hall–Kier alpha value is -1.62. The van der Waals surface area contributed by atoms with E-state index in [1.807, 2.05) is 18.9 Å². The Labute approximate surface area is 107 Å². The average molecular weight is 252 g/mol. The molecule has 5 heteroatoms. The molecule has 1 rings (SSSR count). The summed E-state index contributed by atoms with van der Waals surface area (Å²) in [5.41, 5.74) is 1.01. The number of rotatable bonds is 6. The van der Waals surface area contributed by atoms with Gasteiger partial charge in [0, 0.05) is 19.3 Å². The van der Waals surface area contributed by atoms with Gasteiger partial charge in [-0.3, -0.25) is 0 Å². The van der Waals surface area contributed by atoms with Crippen LogP contribution in [0.2, 0.25) is 0 Å². The zero-order chi connectivity index (χ0) is 13.7. The molecule has 0 saturated carbocycles. The van der Waals surface area contributed by atoms with Crippen molar-refractivity contribution in [3.05, 3.63) is 23.4 Å². The number of aliphatic hydroxyl groups is 1.